The minimum atomic E-state index is -3.62. The van der Waals surface area contributed by atoms with E-state index in [4.69, 9.17) is 0 Å². The number of halogens is 1. The van der Waals surface area contributed by atoms with Crippen molar-refractivity contribution in [3.63, 3.8) is 0 Å². The van der Waals surface area contributed by atoms with Gasteiger partial charge >= 0.3 is 0 Å². The van der Waals surface area contributed by atoms with Crippen molar-refractivity contribution in [2.24, 2.45) is 0 Å². The van der Waals surface area contributed by atoms with Crippen LogP contribution in [-0.4, -0.2) is 69.1 Å². The summed E-state index contributed by atoms with van der Waals surface area (Å²) in [6, 6.07) is 11.1. The highest BCUT2D eigenvalue weighted by Gasteiger charge is 2.31. The van der Waals surface area contributed by atoms with Gasteiger partial charge in [0.1, 0.15) is 0 Å². The number of fused-ring (bicyclic) bond motifs is 1. The number of hydrogen-bond donors (Lipinski definition) is 0. The zero-order valence-electron chi connectivity index (χ0n) is 14.9. The van der Waals surface area contributed by atoms with Crippen molar-refractivity contribution < 1.29 is 13.2 Å². The summed E-state index contributed by atoms with van der Waals surface area (Å²) in [6.45, 7) is 1.45. The number of rotatable bonds is 4. The van der Waals surface area contributed by atoms with Gasteiger partial charge in [0.25, 0.3) is 0 Å². The van der Waals surface area contributed by atoms with Crippen LogP contribution in [-0.2, 0) is 14.8 Å². The molecule has 0 unspecified atom stereocenters. The first kappa shape index (κ1) is 19.1. The zero-order chi connectivity index (χ0) is 18.9. The maximum atomic E-state index is 13.2. The van der Waals surface area contributed by atoms with Crippen LogP contribution >= 0.6 is 15.9 Å². The maximum Gasteiger partial charge on any atom is 0.243 e. The summed E-state index contributed by atoms with van der Waals surface area (Å²) in [4.78, 5) is 15.8. The van der Waals surface area contributed by atoms with E-state index in [0.717, 1.165) is 16.5 Å². The molecule has 26 heavy (non-hydrogen) atoms. The van der Waals surface area contributed by atoms with Crippen molar-refractivity contribution in [2.75, 3.05) is 50.5 Å². The second-order valence-corrected chi connectivity index (χ2v) is 8.91. The summed E-state index contributed by atoms with van der Waals surface area (Å²) < 4.78 is 27.9. The molecule has 3 rings (SSSR count). The third-order valence-corrected chi connectivity index (χ3v) is 7.10. The van der Waals surface area contributed by atoms with Gasteiger partial charge in [0.05, 0.1) is 10.2 Å². The molecule has 2 aromatic rings. The van der Waals surface area contributed by atoms with Gasteiger partial charge in [-0.3, -0.25) is 4.79 Å². The van der Waals surface area contributed by atoms with Gasteiger partial charge < -0.3 is 9.80 Å². The molecule has 6 nitrogen and oxygen atoms in total. The highest BCUT2D eigenvalue weighted by atomic mass is 79.9. The largest absolute Gasteiger partial charge is 0.377 e. The normalized spacial score (nSPS) is 16.0. The molecule has 0 aliphatic carbocycles. The Bertz CT molecular complexity index is 922. The van der Waals surface area contributed by atoms with Crippen molar-refractivity contribution >= 4 is 48.3 Å². The topological polar surface area (TPSA) is 60.9 Å². The molecule has 0 saturated carbocycles. The summed E-state index contributed by atoms with van der Waals surface area (Å²) in [5.74, 6) is -0.0113. The van der Waals surface area contributed by atoms with Crippen molar-refractivity contribution in [1.29, 1.82) is 0 Å². The molecule has 8 heteroatoms. The molecule has 0 N–H and O–H groups in total. The number of hydrogen-bond acceptors (Lipinski definition) is 4. The van der Waals surface area contributed by atoms with E-state index in [1.165, 1.54) is 4.31 Å². The Morgan fingerprint density at radius 1 is 1.04 bits per heavy atom. The molecule has 1 saturated heterocycles. The van der Waals surface area contributed by atoms with Crippen molar-refractivity contribution in [1.82, 2.24) is 9.21 Å². The predicted octanol–water partition coefficient (Wildman–Crippen LogP) is 2.13. The lowest BCUT2D eigenvalue weighted by atomic mass is 10.1. The van der Waals surface area contributed by atoms with Crippen LogP contribution in [0.2, 0.25) is 0 Å². The number of carbonyl (C=O) groups excluding carboxylic acids is 1. The van der Waals surface area contributed by atoms with Gasteiger partial charge in [-0.15, -0.1) is 0 Å². The monoisotopic (exact) mass is 439 g/mol. The van der Waals surface area contributed by atoms with Gasteiger partial charge in [0.2, 0.25) is 15.9 Å². The Kier molecular flexibility index (Phi) is 5.55. The Labute approximate surface area is 162 Å². The van der Waals surface area contributed by atoms with E-state index in [1.54, 1.807) is 17.0 Å². The summed E-state index contributed by atoms with van der Waals surface area (Å²) >= 11 is 3.16. The number of piperazine rings is 1. The molecular formula is C18H22BrN3O3S. The molecule has 0 aromatic heterocycles. The maximum absolute atomic E-state index is 13.2. The van der Waals surface area contributed by atoms with Crippen LogP contribution < -0.4 is 4.90 Å². The van der Waals surface area contributed by atoms with Crippen LogP contribution in [0.15, 0.2) is 41.3 Å². The van der Waals surface area contributed by atoms with Gasteiger partial charge in [0.15, 0.2) is 0 Å². The first-order valence-corrected chi connectivity index (χ1v) is 11.0. The number of carbonyl (C=O) groups is 1. The predicted molar refractivity (Wildman–Crippen MR) is 107 cm³/mol. The standard InChI is InChI=1S/C18H22BrN3O3S/c1-20(2)16-7-3-6-15-14(16)5-4-8-17(15)26(24,25)22-11-9-21(10-12-22)18(23)13-19/h3-8H,9-13H2,1-2H3. The van der Waals surface area contributed by atoms with E-state index in [1.807, 2.05) is 43.3 Å². The molecule has 140 valence electrons. The van der Waals surface area contributed by atoms with Crippen LogP contribution in [0.5, 0.6) is 0 Å². The first-order valence-electron chi connectivity index (χ1n) is 8.39. The third-order valence-electron chi connectivity index (χ3n) is 4.66. The number of sulfonamides is 1. The fourth-order valence-electron chi connectivity index (χ4n) is 3.28. The average molecular weight is 440 g/mol. The number of amides is 1. The fraction of sp³-hybridized carbons (Fsp3) is 0.389. The molecule has 0 bridgehead atoms. The molecule has 0 spiro atoms. The molecule has 1 aliphatic heterocycles. The van der Waals surface area contributed by atoms with Gasteiger partial charge in [-0.25, -0.2) is 8.42 Å². The van der Waals surface area contributed by atoms with Gasteiger partial charge in [0, 0.05) is 56.7 Å². The smallest absolute Gasteiger partial charge is 0.243 e. The molecule has 1 amide bonds. The molecule has 1 fully saturated rings. The van der Waals surface area contributed by atoms with Crippen LogP contribution in [0, 0.1) is 0 Å². The number of nitrogens with zero attached hydrogens (tertiary/aromatic N) is 3. The van der Waals surface area contributed by atoms with Crippen molar-refractivity contribution in [2.45, 2.75) is 4.90 Å². The highest BCUT2D eigenvalue weighted by molar-refractivity contribution is 9.09. The molecule has 2 aromatic carbocycles. The van der Waals surface area contributed by atoms with Crippen LogP contribution in [0.4, 0.5) is 5.69 Å². The SMILES string of the molecule is CN(C)c1cccc2c(S(=O)(=O)N3CCN(C(=O)CBr)CC3)cccc12. The van der Waals surface area contributed by atoms with Gasteiger partial charge in [-0.05, 0) is 12.1 Å². The molecule has 0 atom stereocenters. The summed E-state index contributed by atoms with van der Waals surface area (Å²) in [5, 5.41) is 1.89. The van der Waals surface area contributed by atoms with E-state index in [2.05, 4.69) is 15.9 Å². The lowest BCUT2D eigenvalue weighted by molar-refractivity contribution is -0.129. The Morgan fingerprint density at radius 3 is 2.27 bits per heavy atom. The highest BCUT2D eigenvalue weighted by Crippen LogP contribution is 2.31. The van der Waals surface area contributed by atoms with Crippen molar-refractivity contribution in [3.05, 3.63) is 36.4 Å². The third kappa shape index (κ3) is 3.45. The minimum absolute atomic E-state index is 0.0113. The van der Waals surface area contributed by atoms with Crippen LogP contribution in [0.3, 0.4) is 0 Å². The molecule has 1 aliphatic rings. The lowest BCUT2D eigenvalue weighted by Gasteiger charge is -2.34. The van der Waals surface area contributed by atoms with E-state index in [9.17, 15) is 13.2 Å². The summed E-state index contributed by atoms with van der Waals surface area (Å²) in [5.41, 5.74) is 0.979. The second-order valence-electron chi connectivity index (χ2n) is 6.44. The van der Waals surface area contributed by atoms with Crippen molar-refractivity contribution in [3.8, 4) is 0 Å². The van der Waals surface area contributed by atoms with Gasteiger partial charge in [-0.1, -0.05) is 40.2 Å². The number of anilines is 1. The lowest BCUT2D eigenvalue weighted by Crippen LogP contribution is -2.50. The number of benzene rings is 2. The van der Waals surface area contributed by atoms with Gasteiger partial charge in [-0.2, -0.15) is 4.31 Å². The van der Waals surface area contributed by atoms with E-state index < -0.39 is 10.0 Å². The van der Waals surface area contributed by atoms with E-state index >= 15 is 0 Å². The Morgan fingerprint density at radius 2 is 1.65 bits per heavy atom. The summed E-state index contributed by atoms with van der Waals surface area (Å²) in [7, 11) is 0.259. The quantitative estimate of drug-likeness (QED) is 0.684. The van der Waals surface area contributed by atoms with E-state index in [0.29, 0.717) is 31.1 Å². The minimum Gasteiger partial charge on any atom is -0.377 e. The van der Waals surface area contributed by atoms with Crippen LogP contribution in [0.1, 0.15) is 0 Å². The molecule has 1 heterocycles. The summed E-state index contributed by atoms with van der Waals surface area (Å²) in [6.07, 6.45) is 0. The van der Waals surface area contributed by atoms with Crippen LogP contribution in [0.25, 0.3) is 10.8 Å². The fourth-order valence-corrected chi connectivity index (χ4v) is 5.26. The first-order chi connectivity index (χ1) is 12.4. The molecular weight excluding hydrogens is 418 g/mol. The Hall–Kier alpha value is -1.64. The average Bonchev–Trinajstić information content (AvgIpc) is 2.66. The second kappa shape index (κ2) is 7.54. The zero-order valence-corrected chi connectivity index (χ0v) is 17.3. The number of alkyl halides is 1. The van der Waals surface area contributed by atoms with E-state index in [-0.39, 0.29) is 11.2 Å². The Balaban J connectivity index is 1.96. The molecule has 0 radical (unpaired) electrons.